The van der Waals surface area contributed by atoms with E-state index in [1.54, 1.807) is 18.2 Å². The molecule has 37 heavy (non-hydrogen) atoms. The Morgan fingerprint density at radius 3 is 2.57 bits per heavy atom. The Labute approximate surface area is 216 Å². The van der Waals surface area contributed by atoms with Crippen LogP contribution >= 0.6 is 0 Å². The number of nitriles is 1. The third-order valence-electron chi connectivity index (χ3n) is 6.37. The Hall–Kier alpha value is -4.25. The summed E-state index contributed by atoms with van der Waals surface area (Å²) in [6.07, 6.45) is 0.888. The van der Waals surface area contributed by atoms with Crippen LogP contribution in [-0.2, 0) is 14.3 Å². The van der Waals surface area contributed by atoms with Gasteiger partial charge in [-0.1, -0.05) is 37.6 Å². The number of nitrogens with zero attached hydrogens (tertiary/aromatic N) is 1. The number of benzene rings is 2. The third-order valence-corrected chi connectivity index (χ3v) is 6.37. The topological polar surface area (TPSA) is 124 Å². The minimum absolute atomic E-state index is 0.00260. The molecular weight excluding hydrogens is 470 g/mol. The average molecular weight is 502 g/mol. The van der Waals surface area contributed by atoms with Crippen LogP contribution in [0.15, 0.2) is 65.3 Å². The third kappa shape index (κ3) is 5.61. The number of nitrogens with two attached hydrogens (primary N) is 1. The maximum Gasteiger partial charge on any atom is 0.262 e. The van der Waals surface area contributed by atoms with E-state index < -0.39 is 5.92 Å². The molecule has 0 radical (unpaired) electrons. The molecule has 2 aromatic carbocycles. The molecule has 1 heterocycles. The summed E-state index contributed by atoms with van der Waals surface area (Å²) >= 11 is 0. The van der Waals surface area contributed by atoms with Gasteiger partial charge in [-0.2, -0.15) is 5.26 Å². The zero-order valence-electron chi connectivity index (χ0n) is 21.5. The summed E-state index contributed by atoms with van der Waals surface area (Å²) in [5, 5.41) is 12.7. The van der Waals surface area contributed by atoms with Crippen molar-refractivity contribution in [3.05, 3.63) is 76.4 Å². The Morgan fingerprint density at radius 1 is 1.16 bits per heavy atom. The molecule has 0 fully saturated rings. The van der Waals surface area contributed by atoms with E-state index in [0.717, 1.165) is 5.56 Å². The number of ketones is 1. The largest absolute Gasteiger partial charge is 0.490 e. The SMILES string of the molecule is CCOc1cc(C2C(C#N)=C(N)OC3=C2C(=O)CC(C)(C)C3)ccc1OCC(=O)Nc1ccc(C)cc1. The lowest BCUT2D eigenvalue weighted by atomic mass is 9.70. The summed E-state index contributed by atoms with van der Waals surface area (Å²) in [4.78, 5) is 25.6. The van der Waals surface area contributed by atoms with E-state index >= 15 is 0 Å². The smallest absolute Gasteiger partial charge is 0.262 e. The molecule has 192 valence electrons. The molecule has 0 bridgehead atoms. The number of aryl methyl sites for hydroxylation is 1. The van der Waals surface area contributed by atoms with Crippen LogP contribution in [0.1, 0.15) is 50.7 Å². The second kappa shape index (κ2) is 10.4. The molecule has 0 aromatic heterocycles. The van der Waals surface area contributed by atoms with Crippen LogP contribution in [-0.4, -0.2) is 24.9 Å². The Bertz CT molecular complexity index is 1330. The fourth-order valence-electron chi connectivity index (χ4n) is 4.69. The number of ether oxygens (including phenoxy) is 3. The van der Waals surface area contributed by atoms with Gasteiger partial charge in [-0.3, -0.25) is 9.59 Å². The number of nitrogens with one attached hydrogen (secondary N) is 1. The van der Waals surface area contributed by atoms with Gasteiger partial charge in [0.15, 0.2) is 23.9 Å². The van der Waals surface area contributed by atoms with Crippen molar-refractivity contribution in [2.75, 3.05) is 18.5 Å². The lowest BCUT2D eigenvalue weighted by molar-refractivity contribution is -0.119. The summed E-state index contributed by atoms with van der Waals surface area (Å²) in [5.74, 6) is 0.232. The Kier molecular flexibility index (Phi) is 7.25. The van der Waals surface area contributed by atoms with Crippen molar-refractivity contribution in [1.82, 2.24) is 0 Å². The maximum atomic E-state index is 13.2. The van der Waals surface area contributed by atoms with Crippen molar-refractivity contribution in [3.8, 4) is 17.6 Å². The molecular formula is C29H31N3O5. The van der Waals surface area contributed by atoms with Gasteiger partial charge in [0.1, 0.15) is 17.4 Å². The van der Waals surface area contributed by atoms with E-state index in [2.05, 4.69) is 11.4 Å². The molecule has 2 aromatic rings. The molecule has 8 heteroatoms. The number of rotatable bonds is 7. The highest BCUT2D eigenvalue weighted by molar-refractivity contribution is 6.00. The van der Waals surface area contributed by atoms with Crippen LogP contribution < -0.4 is 20.5 Å². The first-order valence-corrected chi connectivity index (χ1v) is 12.2. The lowest BCUT2D eigenvalue weighted by Crippen LogP contribution is -2.33. The summed E-state index contributed by atoms with van der Waals surface area (Å²) in [6.45, 7) is 7.94. The van der Waals surface area contributed by atoms with Gasteiger partial charge in [0.2, 0.25) is 5.88 Å². The number of hydrogen-bond acceptors (Lipinski definition) is 7. The Morgan fingerprint density at radius 2 is 1.89 bits per heavy atom. The monoisotopic (exact) mass is 501 g/mol. The second-order valence-corrected chi connectivity index (χ2v) is 10.0. The fraction of sp³-hybridized carbons (Fsp3) is 0.345. The summed E-state index contributed by atoms with van der Waals surface area (Å²) in [6, 6.07) is 14.8. The minimum atomic E-state index is -0.671. The minimum Gasteiger partial charge on any atom is -0.490 e. The van der Waals surface area contributed by atoms with Crippen LogP contribution in [0.4, 0.5) is 5.69 Å². The molecule has 4 rings (SSSR count). The number of carbonyl (C=O) groups is 2. The van der Waals surface area contributed by atoms with E-state index in [1.807, 2.05) is 52.0 Å². The van der Waals surface area contributed by atoms with E-state index in [0.29, 0.717) is 53.5 Å². The zero-order valence-corrected chi connectivity index (χ0v) is 21.5. The van der Waals surface area contributed by atoms with Crippen molar-refractivity contribution < 1.29 is 23.8 Å². The first-order chi connectivity index (χ1) is 17.6. The molecule has 1 amide bonds. The van der Waals surface area contributed by atoms with Crippen LogP contribution in [0.25, 0.3) is 0 Å². The highest BCUT2D eigenvalue weighted by Gasteiger charge is 2.43. The van der Waals surface area contributed by atoms with Gasteiger partial charge in [-0.25, -0.2) is 0 Å². The average Bonchev–Trinajstić information content (AvgIpc) is 2.83. The molecule has 0 spiro atoms. The van der Waals surface area contributed by atoms with Crippen molar-refractivity contribution in [2.24, 2.45) is 11.1 Å². The standard InChI is InChI=1S/C29H31N3O5/c1-5-35-23-12-18(8-11-22(23)36-16-25(34)32-19-9-6-17(2)7-10-19)26-20(15-30)28(31)37-24-14-29(3,4)13-21(33)27(24)26/h6-12,26H,5,13-14,16,31H2,1-4H3,(H,32,34). The van der Waals surface area contributed by atoms with Gasteiger partial charge < -0.3 is 25.3 Å². The van der Waals surface area contributed by atoms with Crippen molar-refractivity contribution in [1.29, 1.82) is 5.26 Å². The summed E-state index contributed by atoms with van der Waals surface area (Å²) in [5.41, 5.74) is 8.93. The highest BCUT2D eigenvalue weighted by Crippen LogP contribution is 2.48. The van der Waals surface area contributed by atoms with E-state index in [4.69, 9.17) is 19.9 Å². The number of anilines is 1. The van der Waals surface area contributed by atoms with Gasteiger partial charge in [0.25, 0.3) is 5.91 Å². The van der Waals surface area contributed by atoms with E-state index in [1.165, 1.54) is 0 Å². The predicted octanol–water partition coefficient (Wildman–Crippen LogP) is 4.86. The van der Waals surface area contributed by atoms with E-state index in [9.17, 15) is 14.9 Å². The van der Waals surface area contributed by atoms with Crippen LogP contribution in [0.2, 0.25) is 0 Å². The normalized spacial score (nSPS) is 18.5. The second-order valence-electron chi connectivity index (χ2n) is 10.0. The van der Waals surface area contributed by atoms with Gasteiger partial charge in [-0.15, -0.1) is 0 Å². The number of hydrogen-bond donors (Lipinski definition) is 2. The molecule has 0 saturated heterocycles. The maximum absolute atomic E-state index is 13.2. The highest BCUT2D eigenvalue weighted by atomic mass is 16.5. The summed E-state index contributed by atoms with van der Waals surface area (Å²) in [7, 11) is 0. The lowest BCUT2D eigenvalue weighted by Gasteiger charge is -2.37. The van der Waals surface area contributed by atoms with Gasteiger partial charge in [-0.05, 0) is 49.1 Å². The number of amides is 1. The Balaban J connectivity index is 1.61. The molecule has 3 N–H and O–H groups in total. The van der Waals surface area contributed by atoms with Gasteiger partial charge in [0.05, 0.1) is 12.5 Å². The zero-order chi connectivity index (χ0) is 26.7. The molecule has 1 aliphatic carbocycles. The van der Waals surface area contributed by atoms with Crippen LogP contribution in [0.5, 0.6) is 11.5 Å². The number of carbonyl (C=O) groups excluding carboxylic acids is 2. The molecule has 1 unspecified atom stereocenters. The van der Waals surface area contributed by atoms with E-state index in [-0.39, 0.29) is 35.2 Å². The first kappa shape index (κ1) is 25.8. The molecule has 0 saturated carbocycles. The number of allylic oxidation sites excluding steroid dienone is 3. The molecule has 2 aliphatic rings. The van der Waals surface area contributed by atoms with Crippen LogP contribution in [0.3, 0.4) is 0 Å². The van der Waals surface area contributed by atoms with Crippen LogP contribution in [0, 0.1) is 23.7 Å². The fourth-order valence-corrected chi connectivity index (χ4v) is 4.69. The molecule has 8 nitrogen and oxygen atoms in total. The van der Waals surface area contributed by atoms with Gasteiger partial charge >= 0.3 is 0 Å². The predicted molar refractivity (Wildman–Crippen MR) is 139 cm³/mol. The number of Topliss-reactive ketones (excluding diaryl/α,β-unsaturated/α-hetero) is 1. The first-order valence-electron chi connectivity index (χ1n) is 12.2. The molecule has 1 atom stereocenters. The van der Waals surface area contributed by atoms with Crippen molar-refractivity contribution in [3.63, 3.8) is 0 Å². The quantitative estimate of drug-likeness (QED) is 0.555. The molecule has 1 aliphatic heterocycles. The van der Waals surface area contributed by atoms with Crippen molar-refractivity contribution >= 4 is 17.4 Å². The summed E-state index contributed by atoms with van der Waals surface area (Å²) < 4.78 is 17.3. The van der Waals surface area contributed by atoms with Crippen molar-refractivity contribution in [2.45, 2.75) is 46.5 Å². The van der Waals surface area contributed by atoms with Gasteiger partial charge in [0, 0.05) is 24.1 Å².